The summed E-state index contributed by atoms with van der Waals surface area (Å²) in [7, 11) is 0. The molecule has 0 radical (unpaired) electrons. The lowest BCUT2D eigenvalue weighted by atomic mass is 9.99. The molecule has 346 valence electrons. The summed E-state index contributed by atoms with van der Waals surface area (Å²) in [6, 6.07) is 21.8. The Bertz CT molecular complexity index is 3020. The summed E-state index contributed by atoms with van der Waals surface area (Å²) in [5, 5.41) is 0. The minimum Gasteiger partial charge on any atom is -0.485 e. The standard InChI is InChI=1S/C54H48N2O8S4/c1-5-29-9-11-35(31(7-3)25-29)49-41-45(63-23-19-59-41)53(67-49)51-43-39(57-17-21-61-43)47(65-51)33-13-15-55-37(27-33)38-28-34(14-16-56-38)48-40-44(62-22-18-58-40)52(66-48)54-46-42(60-20-24-64-46)50(68-54)36-12-10-30(6-2)26-32(36)8-4/h9-16,25-28H,5-8,17-24H2,1-4H3. The van der Waals surface area contributed by atoms with E-state index in [0.29, 0.717) is 52.9 Å². The molecular weight excluding hydrogens is 933 g/mol. The van der Waals surface area contributed by atoms with Crippen molar-refractivity contribution < 1.29 is 37.9 Å². The van der Waals surface area contributed by atoms with Crippen LogP contribution in [0.2, 0.25) is 0 Å². The molecule has 0 atom stereocenters. The highest BCUT2D eigenvalue weighted by atomic mass is 32.1. The maximum absolute atomic E-state index is 6.46. The second-order valence-corrected chi connectivity index (χ2v) is 20.8. The fraction of sp³-hybridized carbons (Fsp3) is 0.296. The minimum absolute atomic E-state index is 0.453. The first-order valence-electron chi connectivity index (χ1n) is 23.4. The molecule has 6 aromatic heterocycles. The van der Waals surface area contributed by atoms with Gasteiger partial charge in [-0.25, -0.2) is 0 Å². The van der Waals surface area contributed by atoms with Gasteiger partial charge in [0.05, 0.1) is 50.4 Å². The van der Waals surface area contributed by atoms with Crippen molar-refractivity contribution >= 4 is 45.3 Å². The van der Waals surface area contributed by atoms with E-state index < -0.39 is 0 Å². The van der Waals surface area contributed by atoms with Gasteiger partial charge in [0.25, 0.3) is 0 Å². The van der Waals surface area contributed by atoms with Gasteiger partial charge in [-0.3, -0.25) is 9.97 Å². The van der Waals surface area contributed by atoms with Crippen molar-refractivity contribution in [2.75, 3.05) is 52.9 Å². The van der Waals surface area contributed by atoms with E-state index in [0.717, 1.165) is 133 Å². The highest BCUT2D eigenvalue weighted by Gasteiger charge is 2.36. The third-order valence-electron chi connectivity index (χ3n) is 12.7. The SMILES string of the molecule is CCc1ccc(-c2sc(-c3sc(-c4ccnc(-c5cc(-c6sc(-c7sc(-c8ccc(CC)cc8CC)c8c7OCCO8)c7c6OCCO7)ccn5)c4)c4c3OCCO4)c3c2OCCO3)c(CC)c1. The minimum atomic E-state index is 0.453. The number of rotatable bonds is 11. The monoisotopic (exact) mass is 980 g/mol. The zero-order valence-electron chi connectivity index (χ0n) is 38.2. The van der Waals surface area contributed by atoms with Crippen LogP contribution in [0.3, 0.4) is 0 Å². The predicted molar refractivity (Wildman–Crippen MR) is 273 cm³/mol. The first-order valence-corrected chi connectivity index (χ1v) is 26.7. The second-order valence-electron chi connectivity index (χ2n) is 16.7. The molecule has 0 bridgehead atoms. The number of fused-ring (bicyclic) bond motifs is 4. The van der Waals surface area contributed by atoms with Crippen LogP contribution in [-0.4, -0.2) is 62.8 Å². The smallest absolute Gasteiger partial charge is 0.181 e. The van der Waals surface area contributed by atoms with Gasteiger partial charge in [0.15, 0.2) is 46.0 Å². The van der Waals surface area contributed by atoms with Crippen molar-refractivity contribution in [3.8, 4) is 119 Å². The number of ether oxygens (including phenoxy) is 8. The Morgan fingerprint density at radius 1 is 0.353 bits per heavy atom. The zero-order chi connectivity index (χ0) is 45.9. The number of aryl methyl sites for hydroxylation is 4. The Balaban J connectivity index is 0.919. The molecule has 68 heavy (non-hydrogen) atoms. The molecule has 0 N–H and O–H groups in total. The van der Waals surface area contributed by atoms with Gasteiger partial charge in [0.2, 0.25) is 0 Å². The normalized spacial score (nSPS) is 14.6. The van der Waals surface area contributed by atoms with E-state index in [9.17, 15) is 0 Å². The van der Waals surface area contributed by atoms with E-state index in [1.54, 1.807) is 45.3 Å². The topological polar surface area (TPSA) is 99.6 Å². The average Bonchev–Trinajstić information content (AvgIpc) is 4.19. The van der Waals surface area contributed by atoms with Crippen LogP contribution >= 0.6 is 45.3 Å². The molecule has 0 aliphatic carbocycles. The molecule has 0 amide bonds. The number of hydrogen-bond acceptors (Lipinski definition) is 14. The summed E-state index contributed by atoms with van der Waals surface area (Å²) in [5.74, 6) is 6.04. The molecule has 10 heterocycles. The lowest BCUT2D eigenvalue weighted by molar-refractivity contribution is 0.172. The highest BCUT2D eigenvalue weighted by Crippen LogP contribution is 2.63. The van der Waals surface area contributed by atoms with Gasteiger partial charge < -0.3 is 37.9 Å². The molecule has 10 nitrogen and oxygen atoms in total. The number of thiophene rings is 4. The van der Waals surface area contributed by atoms with Crippen LogP contribution in [0.15, 0.2) is 73.1 Å². The molecule has 0 spiro atoms. The van der Waals surface area contributed by atoms with E-state index >= 15 is 0 Å². The van der Waals surface area contributed by atoms with Crippen molar-refractivity contribution in [3.05, 3.63) is 95.3 Å². The van der Waals surface area contributed by atoms with Crippen LogP contribution in [0.25, 0.3) is 72.7 Å². The molecule has 0 unspecified atom stereocenters. The summed E-state index contributed by atoms with van der Waals surface area (Å²) < 4.78 is 51.5. The lowest BCUT2D eigenvalue weighted by Crippen LogP contribution is -2.15. The van der Waals surface area contributed by atoms with Crippen LogP contribution in [0.1, 0.15) is 49.9 Å². The molecule has 4 aliphatic heterocycles. The molecule has 2 aromatic carbocycles. The first kappa shape index (κ1) is 43.2. The summed E-state index contributed by atoms with van der Waals surface area (Å²) in [4.78, 5) is 17.7. The quantitative estimate of drug-likeness (QED) is 0.125. The number of aromatic nitrogens is 2. The zero-order valence-corrected chi connectivity index (χ0v) is 41.5. The van der Waals surface area contributed by atoms with Gasteiger partial charge in [-0.1, -0.05) is 64.1 Å². The molecule has 12 rings (SSSR count). The predicted octanol–water partition coefficient (Wildman–Crippen LogP) is 13.7. The third kappa shape index (κ3) is 7.38. The molecule has 0 fully saturated rings. The van der Waals surface area contributed by atoms with Crippen LogP contribution in [0.4, 0.5) is 0 Å². The van der Waals surface area contributed by atoms with Crippen molar-refractivity contribution in [1.82, 2.24) is 9.97 Å². The van der Waals surface area contributed by atoms with Gasteiger partial charge in [-0.05, 0) is 94.5 Å². The highest BCUT2D eigenvalue weighted by molar-refractivity contribution is 7.27. The Labute approximate surface area is 411 Å². The summed E-state index contributed by atoms with van der Waals surface area (Å²) >= 11 is 6.68. The van der Waals surface area contributed by atoms with E-state index in [1.165, 1.54) is 33.4 Å². The van der Waals surface area contributed by atoms with Gasteiger partial charge in [-0.2, -0.15) is 0 Å². The van der Waals surface area contributed by atoms with Crippen molar-refractivity contribution in [2.24, 2.45) is 0 Å². The van der Waals surface area contributed by atoms with E-state index in [2.05, 4.69) is 76.2 Å². The molecule has 0 saturated carbocycles. The van der Waals surface area contributed by atoms with Gasteiger partial charge in [-0.15, -0.1) is 45.3 Å². The van der Waals surface area contributed by atoms with E-state index in [1.807, 2.05) is 24.5 Å². The molecule has 0 saturated heterocycles. The summed E-state index contributed by atoms with van der Waals surface area (Å²) in [5.41, 5.74) is 11.0. The van der Waals surface area contributed by atoms with E-state index in [4.69, 9.17) is 47.9 Å². The van der Waals surface area contributed by atoms with Crippen LogP contribution in [0, 0.1) is 0 Å². The second kappa shape index (κ2) is 18.1. The number of pyridine rings is 2. The Morgan fingerprint density at radius 3 is 0.985 bits per heavy atom. The molecule has 4 aliphatic rings. The fourth-order valence-corrected chi connectivity index (χ4v) is 14.4. The van der Waals surface area contributed by atoms with Crippen LogP contribution < -0.4 is 37.9 Å². The lowest BCUT2D eigenvalue weighted by Gasteiger charge is -2.19. The van der Waals surface area contributed by atoms with Crippen molar-refractivity contribution in [2.45, 2.75) is 53.4 Å². The third-order valence-corrected chi connectivity index (χ3v) is 17.8. The summed E-state index contributed by atoms with van der Waals surface area (Å²) in [6.07, 6.45) is 7.49. The average molecular weight is 981 g/mol. The van der Waals surface area contributed by atoms with Crippen molar-refractivity contribution in [1.29, 1.82) is 0 Å². The molecule has 8 aromatic rings. The number of benzene rings is 2. The Morgan fingerprint density at radius 2 is 0.662 bits per heavy atom. The van der Waals surface area contributed by atoms with Gasteiger partial charge in [0, 0.05) is 12.4 Å². The Hall–Kier alpha value is -6.06. The van der Waals surface area contributed by atoms with E-state index in [-0.39, 0.29) is 0 Å². The van der Waals surface area contributed by atoms with Gasteiger partial charge in [0.1, 0.15) is 52.9 Å². The maximum Gasteiger partial charge on any atom is 0.181 e. The Kier molecular flexibility index (Phi) is 11.5. The maximum atomic E-state index is 6.46. The van der Waals surface area contributed by atoms with Crippen LogP contribution in [0.5, 0.6) is 46.0 Å². The fourth-order valence-electron chi connectivity index (χ4n) is 9.32. The number of hydrogen-bond donors (Lipinski definition) is 0. The summed E-state index contributed by atoms with van der Waals surface area (Å²) in [6.45, 7) is 12.6. The largest absolute Gasteiger partial charge is 0.485 e. The van der Waals surface area contributed by atoms with Crippen LogP contribution in [-0.2, 0) is 25.7 Å². The molecular formula is C54H48N2O8S4. The van der Waals surface area contributed by atoms with Gasteiger partial charge >= 0.3 is 0 Å². The number of nitrogens with zero attached hydrogens (tertiary/aromatic N) is 2. The van der Waals surface area contributed by atoms with Crippen molar-refractivity contribution in [3.63, 3.8) is 0 Å². The molecule has 14 heteroatoms. The first-order chi connectivity index (χ1) is 33.5.